The van der Waals surface area contributed by atoms with Gasteiger partial charge in [-0.2, -0.15) is 0 Å². The Morgan fingerprint density at radius 2 is 1.63 bits per heavy atom. The van der Waals surface area contributed by atoms with E-state index < -0.39 is 5.82 Å². The first-order valence-corrected chi connectivity index (χ1v) is 9.92. The van der Waals surface area contributed by atoms with Crippen molar-refractivity contribution in [2.75, 3.05) is 26.2 Å². The summed E-state index contributed by atoms with van der Waals surface area (Å²) in [5.74, 6) is -1.02. The van der Waals surface area contributed by atoms with Gasteiger partial charge in [-0.3, -0.25) is 19.4 Å². The Balaban J connectivity index is 1.48. The van der Waals surface area contributed by atoms with Gasteiger partial charge in [-0.1, -0.05) is 11.6 Å². The van der Waals surface area contributed by atoms with Crippen molar-refractivity contribution in [3.8, 4) is 0 Å². The van der Waals surface area contributed by atoms with Crippen LogP contribution in [0.15, 0.2) is 41.2 Å². The van der Waals surface area contributed by atoms with Gasteiger partial charge in [-0.05, 0) is 48.6 Å². The molecule has 0 atom stereocenters. The van der Waals surface area contributed by atoms with Crippen LogP contribution in [0.5, 0.6) is 0 Å². The molecule has 0 bridgehead atoms. The molecule has 0 saturated carbocycles. The highest BCUT2D eigenvalue weighted by molar-refractivity contribution is 7.71. The number of hydrogen-bond donors (Lipinski definition) is 2. The predicted molar refractivity (Wildman–Crippen MR) is 113 cm³/mol. The smallest absolute Gasteiger partial charge is 0.259 e. The molecule has 1 aliphatic rings. The highest BCUT2D eigenvalue weighted by atomic mass is 35.5. The van der Waals surface area contributed by atoms with Gasteiger partial charge in [0.2, 0.25) is 0 Å². The molecule has 2 aromatic carbocycles. The van der Waals surface area contributed by atoms with E-state index in [0.717, 1.165) is 6.07 Å². The fourth-order valence-electron chi connectivity index (χ4n) is 3.43. The Labute approximate surface area is 180 Å². The zero-order chi connectivity index (χ0) is 21.4. The molecule has 0 aliphatic carbocycles. The van der Waals surface area contributed by atoms with Crippen LogP contribution < -0.4 is 5.56 Å². The number of H-pyrrole nitrogens is 2. The number of piperazine rings is 1. The molecular formula is C20H16ClFN4O3S. The van der Waals surface area contributed by atoms with Crippen LogP contribution in [-0.4, -0.2) is 57.8 Å². The zero-order valence-corrected chi connectivity index (χ0v) is 17.1. The van der Waals surface area contributed by atoms with E-state index in [9.17, 15) is 18.8 Å². The van der Waals surface area contributed by atoms with E-state index in [0.29, 0.717) is 42.6 Å². The van der Waals surface area contributed by atoms with Crippen LogP contribution in [0.25, 0.3) is 10.9 Å². The lowest BCUT2D eigenvalue weighted by Gasteiger charge is -2.35. The molecule has 10 heteroatoms. The Morgan fingerprint density at radius 3 is 2.30 bits per heavy atom. The average molecular weight is 447 g/mol. The summed E-state index contributed by atoms with van der Waals surface area (Å²) in [7, 11) is 0. The molecule has 3 aromatic rings. The molecule has 0 spiro atoms. The van der Waals surface area contributed by atoms with Gasteiger partial charge in [-0.15, -0.1) is 0 Å². The van der Waals surface area contributed by atoms with Gasteiger partial charge in [-0.25, -0.2) is 4.39 Å². The van der Waals surface area contributed by atoms with E-state index in [1.807, 2.05) is 0 Å². The lowest BCUT2D eigenvalue weighted by Crippen LogP contribution is -2.50. The maximum atomic E-state index is 13.2. The summed E-state index contributed by atoms with van der Waals surface area (Å²) in [6.45, 7) is 1.33. The minimum atomic E-state index is -0.509. The molecule has 2 N–H and O–H groups in total. The summed E-state index contributed by atoms with van der Waals surface area (Å²) >= 11 is 11.0. The number of carbonyl (C=O) groups excluding carboxylic acids is 2. The quantitative estimate of drug-likeness (QED) is 0.592. The van der Waals surface area contributed by atoms with E-state index >= 15 is 0 Å². The summed E-state index contributed by atoms with van der Waals surface area (Å²) in [5.41, 5.74) is 0.807. The summed E-state index contributed by atoms with van der Waals surface area (Å²) in [6.07, 6.45) is 0. The lowest BCUT2D eigenvalue weighted by atomic mass is 10.1. The van der Waals surface area contributed by atoms with Crippen LogP contribution in [0.4, 0.5) is 4.39 Å². The fourth-order valence-corrected chi connectivity index (χ4v) is 3.88. The van der Waals surface area contributed by atoms with E-state index in [4.69, 9.17) is 23.8 Å². The van der Waals surface area contributed by atoms with Gasteiger partial charge in [0.15, 0.2) is 4.77 Å². The number of halogens is 2. The molecule has 1 saturated heterocycles. The number of benzene rings is 2. The number of nitrogens with one attached hydrogen (secondary N) is 2. The van der Waals surface area contributed by atoms with Crippen LogP contribution in [-0.2, 0) is 0 Å². The first kappa shape index (κ1) is 20.2. The minimum Gasteiger partial charge on any atom is -0.335 e. The molecule has 4 rings (SSSR count). The highest BCUT2D eigenvalue weighted by Crippen LogP contribution is 2.20. The van der Waals surface area contributed by atoms with Crippen LogP contribution >= 0.6 is 23.8 Å². The zero-order valence-electron chi connectivity index (χ0n) is 15.6. The SMILES string of the molecule is O=C(c1ccc2c(=O)[nH]c(=S)[nH]c2c1)N1CCN(C(=O)c2ccc(F)cc2Cl)CC1. The van der Waals surface area contributed by atoms with E-state index in [1.165, 1.54) is 12.1 Å². The van der Waals surface area contributed by atoms with Crippen molar-refractivity contribution in [1.29, 1.82) is 0 Å². The number of nitrogens with zero attached hydrogens (tertiary/aromatic N) is 2. The molecule has 1 aliphatic heterocycles. The van der Waals surface area contributed by atoms with Crippen molar-refractivity contribution in [2.24, 2.45) is 0 Å². The number of hydrogen-bond acceptors (Lipinski definition) is 4. The predicted octanol–water partition coefficient (Wildman–Crippen LogP) is 2.98. The molecule has 2 amide bonds. The third kappa shape index (κ3) is 3.86. The second-order valence-corrected chi connectivity index (χ2v) is 7.69. The summed E-state index contributed by atoms with van der Waals surface area (Å²) in [4.78, 5) is 46.1. The molecule has 154 valence electrons. The van der Waals surface area contributed by atoms with Gasteiger partial charge >= 0.3 is 0 Å². The largest absolute Gasteiger partial charge is 0.335 e. The molecule has 1 aromatic heterocycles. The topological polar surface area (TPSA) is 89.3 Å². The van der Waals surface area contributed by atoms with E-state index in [-0.39, 0.29) is 32.7 Å². The number of aromatic nitrogens is 2. The Bertz CT molecular complexity index is 1280. The molecule has 7 nitrogen and oxygen atoms in total. The van der Waals surface area contributed by atoms with E-state index in [2.05, 4.69) is 9.97 Å². The lowest BCUT2D eigenvalue weighted by molar-refractivity contribution is 0.0535. The molecular weight excluding hydrogens is 431 g/mol. The molecule has 1 fully saturated rings. The molecule has 30 heavy (non-hydrogen) atoms. The van der Waals surface area contributed by atoms with Gasteiger partial charge < -0.3 is 14.8 Å². The van der Waals surface area contributed by atoms with Gasteiger partial charge in [0.1, 0.15) is 5.82 Å². The van der Waals surface area contributed by atoms with Crippen molar-refractivity contribution in [2.45, 2.75) is 0 Å². The Hall–Kier alpha value is -3.04. The first-order chi connectivity index (χ1) is 14.3. The third-order valence-corrected chi connectivity index (χ3v) is 5.52. The maximum absolute atomic E-state index is 13.2. The van der Waals surface area contributed by atoms with Crippen LogP contribution in [0.1, 0.15) is 20.7 Å². The molecule has 0 unspecified atom stereocenters. The van der Waals surface area contributed by atoms with Crippen LogP contribution in [0.3, 0.4) is 0 Å². The first-order valence-electron chi connectivity index (χ1n) is 9.13. The second kappa shape index (κ2) is 8.00. The summed E-state index contributed by atoms with van der Waals surface area (Å²) in [5, 5.41) is 0.466. The van der Waals surface area contributed by atoms with Crippen molar-refractivity contribution in [1.82, 2.24) is 19.8 Å². The van der Waals surface area contributed by atoms with Gasteiger partial charge in [0, 0.05) is 31.7 Å². The summed E-state index contributed by atoms with van der Waals surface area (Å²) < 4.78 is 13.4. The monoisotopic (exact) mass is 446 g/mol. The van der Waals surface area contributed by atoms with Crippen molar-refractivity contribution < 1.29 is 14.0 Å². The van der Waals surface area contributed by atoms with Crippen molar-refractivity contribution in [3.05, 3.63) is 73.5 Å². The van der Waals surface area contributed by atoms with Crippen LogP contribution in [0.2, 0.25) is 5.02 Å². The average Bonchev–Trinajstić information content (AvgIpc) is 2.72. The number of amides is 2. The van der Waals surface area contributed by atoms with E-state index in [1.54, 1.807) is 28.0 Å². The standard InChI is InChI=1S/C20H16ClFN4O3S/c21-15-10-12(22)2-4-13(15)19(29)26-7-5-25(6-8-26)18(28)11-1-3-14-16(9-11)23-20(30)24-17(14)27/h1-4,9-10H,5-8H2,(H2,23,24,27,30). The normalized spacial score (nSPS) is 14.2. The number of carbonyl (C=O) groups is 2. The number of aromatic amines is 2. The van der Waals surface area contributed by atoms with Crippen molar-refractivity contribution >= 4 is 46.5 Å². The minimum absolute atomic E-state index is 0.0574. The number of fused-ring (bicyclic) bond motifs is 1. The third-order valence-electron chi connectivity index (χ3n) is 5.00. The maximum Gasteiger partial charge on any atom is 0.259 e. The van der Waals surface area contributed by atoms with Gasteiger partial charge in [0.25, 0.3) is 17.4 Å². The number of rotatable bonds is 2. The Kier molecular flexibility index (Phi) is 5.40. The molecule has 2 heterocycles. The summed E-state index contributed by atoms with van der Waals surface area (Å²) in [6, 6.07) is 8.41. The van der Waals surface area contributed by atoms with Crippen LogP contribution in [0, 0.1) is 10.6 Å². The highest BCUT2D eigenvalue weighted by Gasteiger charge is 2.26. The van der Waals surface area contributed by atoms with Crippen molar-refractivity contribution in [3.63, 3.8) is 0 Å². The second-order valence-electron chi connectivity index (χ2n) is 6.88. The fraction of sp³-hybridized carbons (Fsp3) is 0.200. The Morgan fingerprint density at radius 1 is 0.967 bits per heavy atom. The molecule has 0 radical (unpaired) electrons. The van der Waals surface area contributed by atoms with Gasteiger partial charge in [0.05, 0.1) is 21.5 Å².